The fourth-order valence-corrected chi connectivity index (χ4v) is 5.87. The number of ether oxygens (including phenoxy) is 6. The Labute approximate surface area is 259 Å². The minimum absolute atomic E-state index is 0.165. The second kappa shape index (κ2) is 11.9. The summed E-state index contributed by atoms with van der Waals surface area (Å²) in [6.45, 7) is 10.8. The SMILES string of the molecule is CC(C)(c1ccc(OCC2CO2)cc1)c1ccc(C(C)(c2ccccc2OCC2CO2)c2ccccc2OCC2CO2)cc1. The van der Waals surface area contributed by atoms with E-state index in [1.165, 1.54) is 11.1 Å². The van der Waals surface area contributed by atoms with Gasteiger partial charge in [-0.3, -0.25) is 0 Å². The second-order valence-corrected chi connectivity index (χ2v) is 12.6. The number of para-hydroxylation sites is 2. The summed E-state index contributed by atoms with van der Waals surface area (Å²) in [6, 6.07) is 34.1. The van der Waals surface area contributed by atoms with Crippen molar-refractivity contribution in [2.75, 3.05) is 39.6 Å². The van der Waals surface area contributed by atoms with Gasteiger partial charge in [-0.1, -0.05) is 86.6 Å². The highest BCUT2D eigenvalue weighted by atomic mass is 16.6. The molecule has 3 saturated heterocycles. The van der Waals surface area contributed by atoms with Crippen LogP contribution in [-0.2, 0) is 25.0 Å². The molecule has 0 N–H and O–H groups in total. The van der Waals surface area contributed by atoms with Crippen LogP contribution in [0.5, 0.6) is 17.2 Å². The van der Waals surface area contributed by atoms with Gasteiger partial charge in [-0.15, -0.1) is 0 Å². The Hall–Kier alpha value is -3.84. The van der Waals surface area contributed by atoms with Crippen LogP contribution >= 0.6 is 0 Å². The maximum absolute atomic E-state index is 6.37. The van der Waals surface area contributed by atoms with Crippen molar-refractivity contribution < 1.29 is 28.4 Å². The minimum atomic E-state index is -0.561. The zero-order chi connectivity index (χ0) is 30.1. The number of epoxide rings is 3. The second-order valence-electron chi connectivity index (χ2n) is 12.6. The van der Waals surface area contributed by atoms with Crippen molar-refractivity contribution in [2.24, 2.45) is 0 Å². The predicted molar refractivity (Wildman–Crippen MR) is 169 cm³/mol. The zero-order valence-corrected chi connectivity index (χ0v) is 25.7. The van der Waals surface area contributed by atoms with Crippen molar-refractivity contribution in [3.63, 3.8) is 0 Å². The number of hydrogen-bond donors (Lipinski definition) is 0. The van der Waals surface area contributed by atoms with E-state index in [2.05, 4.69) is 106 Å². The van der Waals surface area contributed by atoms with Gasteiger partial charge >= 0.3 is 0 Å². The van der Waals surface area contributed by atoms with Crippen molar-refractivity contribution in [1.82, 2.24) is 0 Å². The van der Waals surface area contributed by atoms with Crippen LogP contribution in [0.2, 0.25) is 0 Å². The van der Waals surface area contributed by atoms with E-state index in [9.17, 15) is 0 Å². The average Bonchev–Trinajstić information content (AvgIpc) is 3.91. The van der Waals surface area contributed by atoms with E-state index in [1.807, 2.05) is 12.1 Å². The standard InChI is InChI=1S/C38H40O6/c1-37(2,27-16-18-29(19-17-27)39-20-30-21-40-30)26-12-14-28(15-13-26)38(3,33-8-4-6-10-35(33)43-24-31-22-41-31)34-9-5-7-11-36(34)44-25-32-23-42-32/h4-19,30-32H,20-25H2,1-3H3. The lowest BCUT2D eigenvalue weighted by molar-refractivity contribution is 0.255. The number of rotatable bonds is 14. The van der Waals surface area contributed by atoms with Gasteiger partial charge in [0.05, 0.1) is 19.8 Å². The van der Waals surface area contributed by atoms with E-state index in [0.29, 0.717) is 19.8 Å². The van der Waals surface area contributed by atoms with Gasteiger partial charge in [0.25, 0.3) is 0 Å². The van der Waals surface area contributed by atoms with Gasteiger partial charge in [0.1, 0.15) is 55.4 Å². The smallest absolute Gasteiger partial charge is 0.123 e. The highest BCUT2D eigenvalue weighted by molar-refractivity contribution is 5.59. The van der Waals surface area contributed by atoms with Crippen molar-refractivity contribution >= 4 is 0 Å². The first-order valence-electron chi connectivity index (χ1n) is 15.5. The summed E-state index contributed by atoms with van der Waals surface area (Å²) in [6.07, 6.45) is 0.572. The Morgan fingerprint density at radius 2 is 0.909 bits per heavy atom. The Morgan fingerprint density at radius 3 is 1.36 bits per heavy atom. The Morgan fingerprint density at radius 1 is 0.523 bits per heavy atom. The molecule has 0 saturated carbocycles. The van der Waals surface area contributed by atoms with Crippen molar-refractivity contribution in [3.05, 3.63) is 125 Å². The molecule has 0 amide bonds. The van der Waals surface area contributed by atoms with Crippen molar-refractivity contribution in [3.8, 4) is 17.2 Å². The molecule has 3 atom stereocenters. The van der Waals surface area contributed by atoms with E-state index >= 15 is 0 Å². The fraction of sp³-hybridized carbons (Fsp3) is 0.368. The quantitative estimate of drug-likeness (QED) is 0.120. The molecule has 6 heteroatoms. The monoisotopic (exact) mass is 592 g/mol. The molecule has 3 heterocycles. The average molecular weight is 593 g/mol. The predicted octanol–water partition coefficient (Wildman–Crippen LogP) is 6.70. The molecule has 3 unspecified atom stereocenters. The third kappa shape index (κ3) is 6.20. The summed E-state index contributed by atoms with van der Waals surface area (Å²) in [5.41, 5.74) is 5.01. The molecule has 3 aliphatic rings. The summed E-state index contributed by atoms with van der Waals surface area (Å²) in [4.78, 5) is 0. The Bertz CT molecular complexity index is 1510. The molecular formula is C38H40O6. The van der Waals surface area contributed by atoms with Crippen LogP contribution in [0, 0.1) is 0 Å². The molecule has 3 fully saturated rings. The molecule has 6 nitrogen and oxygen atoms in total. The van der Waals surface area contributed by atoms with Crippen LogP contribution in [0.15, 0.2) is 97.1 Å². The lowest BCUT2D eigenvalue weighted by Gasteiger charge is -2.35. The van der Waals surface area contributed by atoms with Gasteiger partial charge in [0.15, 0.2) is 0 Å². The Balaban J connectivity index is 1.23. The number of hydrogen-bond acceptors (Lipinski definition) is 6. The molecule has 4 aromatic rings. The topological polar surface area (TPSA) is 65.3 Å². The molecule has 228 valence electrons. The molecule has 7 rings (SSSR count). The molecule has 44 heavy (non-hydrogen) atoms. The highest BCUT2D eigenvalue weighted by Crippen LogP contribution is 2.47. The van der Waals surface area contributed by atoms with Crippen LogP contribution < -0.4 is 14.2 Å². The molecule has 0 aromatic heterocycles. The molecule has 4 aromatic carbocycles. The van der Waals surface area contributed by atoms with Gasteiger partial charge in [0.2, 0.25) is 0 Å². The summed E-state index contributed by atoms with van der Waals surface area (Å²) in [5.74, 6) is 2.58. The van der Waals surface area contributed by atoms with Gasteiger partial charge in [-0.05, 0) is 47.9 Å². The third-order valence-corrected chi connectivity index (χ3v) is 9.10. The van der Waals surface area contributed by atoms with E-state index in [-0.39, 0.29) is 23.7 Å². The van der Waals surface area contributed by atoms with Crippen molar-refractivity contribution in [2.45, 2.75) is 49.9 Å². The van der Waals surface area contributed by atoms with E-state index in [4.69, 9.17) is 28.4 Å². The molecule has 3 aliphatic heterocycles. The van der Waals surface area contributed by atoms with Crippen LogP contribution in [0.1, 0.15) is 48.6 Å². The van der Waals surface area contributed by atoms with Crippen LogP contribution in [0.4, 0.5) is 0 Å². The van der Waals surface area contributed by atoms with Crippen LogP contribution in [0.25, 0.3) is 0 Å². The first-order chi connectivity index (χ1) is 21.4. The van der Waals surface area contributed by atoms with Gasteiger partial charge < -0.3 is 28.4 Å². The largest absolute Gasteiger partial charge is 0.491 e. The molecule has 0 bridgehead atoms. The summed E-state index contributed by atoms with van der Waals surface area (Å²) in [7, 11) is 0. The lowest BCUT2D eigenvalue weighted by atomic mass is 9.69. The Kier molecular flexibility index (Phi) is 7.83. The van der Waals surface area contributed by atoms with Gasteiger partial charge in [0, 0.05) is 22.0 Å². The first-order valence-corrected chi connectivity index (χ1v) is 15.5. The molecule has 0 spiro atoms. The molecular weight excluding hydrogens is 552 g/mol. The minimum Gasteiger partial charge on any atom is -0.491 e. The number of benzene rings is 4. The van der Waals surface area contributed by atoms with Crippen LogP contribution in [0.3, 0.4) is 0 Å². The van der Waals surface area contributed by atoms with E-state index < -0.39 is 5.41 Å². The third-order valence-electron chi connectivity index (χ3n) is 9.10. The highest BCUT2D eigenvalue weighted by Gasteiger charge is 2.38. The van der Waals surface area contributed by atoms with Gasteiger partial charge in [-0.25, -0.2) is 0 Å². The lowest BCUT2D eigenvalue weighted by Crippen LogP contribution is -2.28. The maximum atomic E-state index is 6.37. The summed E-state index contributed by atoms with van der Waals surface area (Å²) >= 11 is 0. The van der Waals surface area contributed by atoms with E-state index in [0.717, 1.165) is 53.8 Å². The molecule has 0 aliphatic carbocycles. The van der Waals surface area contributed by atoms with Crippen molar-refractivity contribution in [1.29, 1.82) is 0 Å². The zero-order valence-electron chi connectivity index (χ0n) is 25.7. The summed E-state index contributed by atoms with van der Waals surface area (Å²) in [5, 5.41) is 0. The van der Waals surface area contributed by atoms with E-state index in [1.54, 1.807) is 0 Å². The van der Waals surface area contributed by atoms with Gasteiger partial charge in [-0.2, -0.15) is 0 Å². The molecule has 0 radical (unpaired) electrons. The first kappa shape index (κ1) is 28.9. The summed E-state index contributed by atoms with van der Waals surface area (Å²) < 4.78 is 34.8. The fourth-order valence-electron chi connectivity index (χ4n) is 5.87. The normalized spacial score (nSPS) is 21.7. The van der Waals surface area contributed by atoms with Crippen LogP contribution in [-0.4, -0.2) is 58.0 Å². The maximum Gasteiger partial charge on any atom is 0.123 e.